The van der Waals surface area contributed by atoms with Crippen molar-refractivity contribution in [1.82, 2.24) is 0 Å². The number of ether oxygens (including phenoxy) is 2. The maximum absolute atomic E-state index is 13.8. The summed E-state index contributed by atoms with van der Waals surface area (Å²) in [5, 5.41) is 9.65. The lowest BCUT2D eigenvalue weighted by Gasteiger charge is -2.14. The van der Waals surface area contributed by atoms with Crippen LogP contribution in [-0.2, 0) is 0 Å². The van der Waals surface area contributed by atoms with E-state index in [-0.39, 0.29) is 5.75 Å². The molecule has 0 bridgehead atoms. The van der Waals surface area contributed by atoms with E-state index in [1.807, 2.05) is 6.92 Å². The number of halogens is 1. The van der Waals surface area contributed by atoms with Gasteiger partial charge in [-0.25, -0.2) is 4.39 Å². The van der Waals surface area contributed by atoms with E-state index in [4.69, 9.17) is 9.47 Å². The first-order chi connectivity index (χ1) is 9.61. The molecule has 2 aromatic rings. The molecule has 0 saturated carbocycles. The van der Waals surface area contributed by atoms with Crippen LogP contribution in [-0.4, -0.2) is 11.7 Å². The van der Waals surface area contributed by atoms with Crippen LogP contribution in [0, 0.1) is 5.82 Å². The van der Waals surface area contributed by atoms with E-state index in [2.05, 4.69) is 0 Å². The summed E-state index contributed by atoms with van der Waals surface area (Å²) in [4.78, 5) is 0. The normalized spacial score (nSPS) is 12.0. The lowest BCUT2D eigenvalue weighted by atomic mass is 10.1. The molecule has 0 heterocycles. The van der Waals surface area contributed by atoms with Gasteiger partial charge >= 0.3 is 0 Å². The molecule has 0 aliphatic rings. The average molecular weight is 276 g/mol. The predicted molar refractivity (Wildman–Crippen MR) is 74.7 cm³/mol. The molecule has 1 atom stereocenters. The molecular formula is C16H17FO3. The van der Waals surface area contributed by atoms with Crippen LogP contribution in [0.15, 0.2) is 42.5 Å². The fourth-order valence-corrected chi connectivity index (χ4v) is 1.85. The van der Waals surface area contributed by atoms with Crippen molar-refractivity contribution >= 4 is 0 Å². The third-order valence-corrected chi connectivity index (χ3v) is 2.80. The monoisotopic (exact) mass is 276 g/mol. The van der Waals surface area contributed by atoms with Gasteiger partial charge in [0.2, 0.25) is 0 Å². The van der Waals surface area contributed by atoms with Crippen molar-refractivity contribution < 1.29 is 19.0 Å². The third-order valence-electron chi connectivity index (χ3n) is 2.80. The molecule has 0 saturated heterocycles. The minimum absolute atomic E-state index is 0.0478. The zero-order valence-corrected chi connectivity index (χ0v) is 11.5. The molecule has 0 amide bonds. The molecule has 2 rings (SSSR count). The molecule has 0 radical (unpaired) electrons. The van der Waals surface area contributed by atoms with E-state index in [1.54, 1.807) is 43.3 Å². The maximum atomic E-state index is 13.8. The second-order valence-electron chi connectivity index (χ2n) is 4.34. The van der Waals surface area contributed by atoms with E-state index < -0.39 is 11.9 Å². The van der Waals surface area contributed by atoms with Crippen LogP contribution in [0.2, 0.25) is 0 Å². The van der Waals surface area contributed by atoms with E-state index >= 15 is 0 Å². The standard InChI is InChI=1S/C16H17FO3/c1-3-19-12-7-9-13(10-8-12)20-16-14(11(2)18)5-4-6-15(16)17/h4-11,18H,3H2,1-2H3. The molecule has 0 aromatic heterocycles. The van der Waals surface area contributed by atoms with Crippen LogP contribution in [0.1, 0.15) is 25.5 Å². The van der Waals surface area contributed by atoms with Crippen molar-refractivity contribution in [3.63, 3.8) is 0 Å². The Balaban J connectivity index is 2.25. The van der Waals surface area contributed by atoms with Gasteiger partial charge in [-0.15, -0.1) is 0 Å². The molecule has 3 nitrogen and oxygen atoms in total. The topological polar surface area (TPSA) is 38.7 Å². The molecule has 0 fully saturated rings. The van der Waals surface area contributed by atoms with Crippen LogP contribution >= 0.6 is 0 Å². The smallest absolute Gasteiger partial charge is 0.168 e. The molecule has 20 heavy (non-hydrogen) atoms. The lowest BCUT2D eigenvalue weighted by Crippen LogP contribution is -1.98. The molecular weight excluding hydrogens is 259 g/mol. The highest BCUT2D eigenvalue weighted by Crippen LogP contribution is 2.32. The molecule has 2 aromatic carbocycles. The van der Waals surface area contributed by atoms with E-state index in [1.165, 1.54) is 6.07 Å². The summed E-state index contributed by atoms with van der Waals surface area (Å²) in [7, 11) is 0. The minimum Gasteiger partial charge on any atom is -0.494 e. The van der Waals surface area contributed by atoms with Gasteiger partial charge in [-0.3, -0.25) is 0 Å². The second-order valence-corrected chi connectivity index (χ2v) is 4.34. The van der Waals surface area contributed by atoms with Crippen molar-refractivity contribution in [1.29, 1.82) is 0 Å². The van der Waals surface area contributed by atoms with E-state index in [9.17, 15) is 9.50 Å². The first kappa shape index (κ1) is 14.3. The summed E-state index contributed by atoms with van der Waals surface area (Å²) in [5.74, 6) is 0.758. The van der Waals surface area contributed by atoms with Gasteiger partial charge in [0.1, 0.15) is 11.5 Å². The van der Waals surface area contributed by atoms with Crippen molar-refractivity contribution in [2.45, 2.75) is 20.0 Å². The van der Waals surface area contributed by atoms with Crippen LogP contribution in [0.4, 0.5) is 4.39 Å². The summed E-state index contributed by atoms with van der Waals surface area (Å²) in [6, 6.07) is 11.4. The first-order valence-electron chi connectivity index (χ1n) is 6.49. The Morgan fingerprint density at radius 3 is 2.35 bits per heavy atom. The molecule has 0 aliphatic carbocycles. The van der Waals surface area contributed by atoms with E-state index in [0.717, 1.165) is 5.75 Å². The van der Waals surface area contributed by atoms with Gasteiger partial charge in [-0.1, -0.05) is 12.1 Å². The summed E-state index contributed by atoms with van der Waals surface area (Å²) < 4.78 is 24.7. The zero-order chi connectivity index (χ0) is 14.5. The van der Waals surface area contributed by atoms with Gasteiger partial charge in [0.05, 0.1) is 12.7 Å². The van der Waals surface area contributed by atoms with E-state index in [0.29, 0.717) is 17.9 Å². The maximum Gasteiger partial charge on any atom is 0.168 e. The highest BCUT2D eigenvalue weighted by atomic mass is 19.1. The van der Waals surface area contributed by atoms with Crippen LogP contribution < -0.4 is 9.47 Å². The lowest BCUT2D eigenvalue weighted by molar-refractivity contribution is 0.194. The summed E-state index contributed by atoms with van der Waals surface area (Å²) in [5.41, 5.74) is 0.416. The Labute approximate surface area is 117 Å². The highest BCUT2D eigenvalue weighted by Gasteiger charge is 2.14. The summed E-state index contributed by atoms with van der Waals surface area (Å²) in [6.45, 7) is 4.05. The highest BCUT2D eigenvalue weighted by molar-refractivity contribution is 5.41. The van der Waals surface area contributed by atoms with Crippen molar-refractivity contribution in [2.75, 3.05) is 6.61 Å². The van der Waals surface area contributed by atoms with Gasteiger partial charge in [-0.05, 0) is 44.2 Å². The molecule has 1 unspecified atom stereocenters. The summed E-state index contributed by atoms with van der Waals surface area (Å²) >= 11 is 0. The van der Waals surface area contributed by atoms with Crippen molar-refractivity contribution in [3.8, 4) is 17.2 Å². The number of rotatable bonds is 5. The number of aliphatic hydroxyl groups excluding tert-OH is 1. The Morgan fingerprint density at radius 2 is 1.75 bits per heavy atom. The predicted octanol–water partition coefficient (Wildman–Crippen LogP) is 4.07. The van der Waals surface area contributed by atoms with Crippen LogP contribution in [0.25, 0.3) is 0 Å². The average Bonchev–Trinajstić information content (AvgIpc) is 2.43. The third kappa shape index (κ3) is 3.27. The number of hydrogen-bond donors (Lipinski definition) is 1. The number of benzene rings is 2. The Kier molecular flexibility index (Phi) is 4.58. The number of para-hydroxylation sites is 1. The molecule has 1 N–H and O–H groups in total. The fourth-order valence-electron chi connectivity index (χ4n) is 1.85. The Morgan fingerprint density at radius 1 is 1.10 bits per heavy atom. The Hall–Kier alpha value is -2.07. The molecule has 0 spiro atoms. The van der Waals surface area contributed by atoms with Crippen LogP contribution in [0.3, 0.4) is 0 Å². The number of aliphatic hydroxyl groups is 1. The van der Waals surface area contributed by atoms with Gasteiger partial charge in [0.15, 0.2) is 11.6 Å². The first-order valence-corrected chi connectivity index (χ1v) is 6.49. The largest absolute Gasteiger partial charge is 0.494 e. The van der Waals surface area contributed by atoms with Gasteiger partial charge in [0.25, 0.3) is 0 Å². The number of hydrogen-bond acceptors (Lipinski definition) is 3. The molecule has 106 valence electrons. The minimum atomic E-state index is -0.802. The second kappa shape index (κ2) is 6.39. The molecule has 4 heteroatoms. The fraction of sp³-hybridized carbons (Fsp3) is 0.250. The van der Waals surface area contributed by atoms with Gasteiger partial charge < -0.3 is 14.6 Å². The quantitative estimate of drug-likeness (QED) is 0.894. The molecule has 0 aliphatic heterocycles. The Bertz CT molecular complexity index is 564. The van der Waals surface area contributed by atoms with Crippen molar-refractivity contribution in [3.05, 3.63) is 53.8 Å². The SMILES string of the molecule is CCOc1ccc(Oc2c(F)cccc2C(C)O)cc1. The van der Waals surface area contributed by atoms with Gasteiger partial charge in [0, 0.05) is 5.56 Å². The van der Waals surface area contributed by atoms with Crippen LogP contribution in [0.5, 0.6) is 17.2 Å². The summed E-state index contributed by atoms with van der Waals surface area (Å²) in [6.07, 6.45) is -0.802. The zero-order valence-electron chi connectivity index (χ0n) is 11.5. The van der Waals surface area contributed by atoms with Gasteiger partial charge in [-0.2, -0.15) is 0 Å². The van der Waals surface area contributed by atoms with Crippen molar-refractivity contribution in [2.24, 2.45) is 0 Å².